The van der Waals surface area contributed by atoms with Crippen LogP contribution in [0.15, 0.2) is 42.5 Å². The lowest BCUT2D eigenvalue weighted by atomic mass is 10.1. The molecule has 0 saturated heterocycles. The second kappa shape index (κ2) is 12.4. The number of aryl methyl sites for hydroxylation is 1. The van der Waals surface area contributed by atoms with Crippen molar-refractivity contribution in [1.29, 1.82) is 0 Å². The summed E-state index contributed by atoms with van der Waals surface area (Å²) in [6.45, 7) is 5.74. The summed E-state index contributed by atoms with van der Waals surface area (Å²) in [7, 11) is -3.87. The third-order valence-electron chi connectivity index (χ3n) is 5.33. The molecule has 10 heteroatoms. The summed E-state index contributed by atoms with van der Waals surface area (Å²) in [6, 6.07) is 11.1. The van der Waals surface area contributed by atoms with Crippen LogP contribution in [0.5, 0.6) is 0 Å². The van der Waals surface area contributed by atoms with Crippen molar-refractivity contribution in [2.24, 2.45) is 0 Å². The molecule has 0 saturated carbocycles. The first-order chi connectivity index (χ1) is 15.9. The molecule has 2 aromatic rings. The van der Waals surface area contributed by atoms with Crippen molar-refractivity contribution in [3.05, 3.63) is 63.6 Å². The maximum atomic E-state index is 13.5. The Hall–Kier alpha value is -2.29. The fourth-order valence-corrected chi connectivity index (χ4v) is 4.71. The number of nitrogens with zero attached hydrogens (tertiary/aromatic N) is 2. The van der Waals surface area contributed by atoms with E-state index in [0.717, 1.165) is 34.5 Å². The van der Waals surface area contributed by atoms with Gasteiger partial charge in [-0.2, -0.15) is 0 Å². The zero-order valence-corrected chi connectivity index (χ0v) is 22.2. The average molecular weight is 529 g/mol. The van der Waals surface area contributed by atoms with E-state index in [9.17, 15) is 18.0 Å². The summed E-state index contributed by atoms with van der Waals surface area (Å²) in [5.41, 5.74) is 2.02. The van der Waals surface area contributed by atoms with Gasteiger partial charge in [-0.05, 0) is 44.0 Å². The molecule has 0 aliphatic rings. The van der Waals surface area contributed by atoms with Gasteiger partial charge in [0.05, 0.1) is 17.0 Å². The fraction of sp³-hybridized carbons (Fsp3) is 0.417. The number of benzene rings is 2. The van der Waals surface area contributed by atoms with E-state index in [1.807, 2.05) is 38.1 Å². The standard InChI is InChI=1S/C24H31Cl2N3O4S/c1-5-6-13-27-24(31)18(3)28(15-19-9-7-17(2)8-10-19)23(30)16-29(34(4,32)33)22-12-11-20(25)14-21(22)26/h7-12,14,18H,5-6,13,15-16H2,1-4H3,(H,27,31)/t18-/m1/s1. The average Bonchev–Trinajstić information content (AvgIpc) is 2.76. The summed E-state index contributed by atoms with van der Waals surface area (Å²) >= 11 is 12.2. The van der Waals surface area contributed by atoms with Gasteiger partial charge in [0.15, 0.2) is 0 Å². The van der Waals surface area contributed by atoms with Crippen LogP contribution in [0.4, 0.5) is 5.69 Å². The topological polar surface area (TPSA) is 86.8 Å². The molecule has 0 spiro atoms. The van der Waals surface area contributed by atoms with Crippen molar-refractivity contribution in [2.45, 2.75) is 46.2 Å². The third kappa shape index (κ3) is 7.89. The Morgan fingerprint density at radius 1 is 1.09 bits per heavy atom. The minimum Gasteiger partial charge on any atom is -0.354 e. The van der Waals surface area contributed by atoms with Gasteiger partial charge in [0, 0.05) is 18.1 Å². The molecule has 0 aliphatic heterocycles. The van der Waals surface area contributed by atoms with Crippen molar-refractivity contribution in [2.75, 3.05) is 23.7 Å². The van der Waals surface area contributed by atoms with Crippen LogP contribution in [0.3, 0.4) is 0 Å². The van der Waals surface area contributed by atoms with Gasteiger partial charge in [-0.1, -0.05) is 66.4 Å². The number of nitrogens with one attached hydrogen (secondary N) is 1. The molecule has 2 aromatic carbocycles. The lowest BCUT2D eigenvalue weighted by Crippen LogP contribution is -2.51. The number of carbonyl (C=O) groups excluding carboxylic acids is 2. The molecule has 7 nitrogen and oxygen atoms in total. The highest BCUT2D eigenvalue weighted by atomic mass is 35.5. The van der Waals surface area contributed by atoms with Crippen molar-refractivity contribution in [1.82, 2.24) is 10.2 Å². The first-order valence-corrected chi connectivity index (χ1v) is 13.6. The van der Waals surface area contributed by atoms with Crippen LogP contribution in [0.2, 0.25) is 10.0 Å². The Labute approximate surface area is 212 Å². The fourth-order valence-electron chi connectivity index (χ4n) is 3.29. The zero-order valence-electron chi connectivity index (χ0n) is 19.8. The Balaban J connectivity index is 2.37. The largest absolute Gasteiger partial charge is 0.354 e. The molecule has 0 bridgehead atoms. The monoisotopic (exact) mass is 527 g/mol. The third-order valence-corrected chi connectivity index (χ3v) is 6.99. The highest BCUT2D eigenvalue weighted by molar-refractivity contribution is 7.92. The van der Waals surface area contributed by atoms with E-state index in [1.54, 1.807) is 6.92 Å². The van der Waals surface area contributed by atoms with E-state index in [1.165, 1.54) is 23.1 Å². The second-order valence-corrected chi connectivity index (χ2v) is 10.9. The van der Waals surface area contributed by atoms with Crippen LogP contribution in [0.1, 0.15) is 37.8 Å². The summed E-state index contributed by atoms with van der Waals surface area (Å²) in [6.07, 6.45) is 2.74. The summed E-state index contributed by atoms with van der Waals surface area (Å²) in [5, 5.41) is 3.28. The number of amides is 2. The molecule has 1 N–H and O–H groups in total. The van der Waals surface area contributed by atoms with E-state index < -0.39 is 28.5 Å². The molecule has 186 valence electrons. The Morgan fingerprint density at radius 2 is 1.74 bits per heavy atom. The minimum absolute atomic E-state index is 0.0983. The van der Waals surface area contributed by atoms with Gasteiger partial charge in [-0.15, -0.1) is 0 Å². The number of unbranched alkanes of at least 4 members (excludes halogenated alkanes) is 1. The summed E-state index contributed by atoms with van der Waals surface area (Å²) in [5.74, 6) is -0.834. The second-order valence-electron chi connectivity index (χ2n) is 8.19. The van der Waals surface area contributed by atoms with Gasteiger partial charge in [0.2, 0.25) is 21.8 Å². The van der Waals surface area contributed by atoms with E-state index in [2.05, 4.69) is 5.32 Å². The Kier molecular flexibility index (Phi) is 10.2. The number of rotatable bonds is 11. The van der Waals surface area contributed by atoms with E-state index in [-0.39, 0.29) is 23.2 Å². The lowest BCUT2D eigenvalue weighted by molar-refractivity contribution is -0.139. The van der Waals surface area contributed by atoms with Gasteiger partial charge in [0.25, 0.3) is 0 Å². The first kappa shape index (κ1) is 28.0. The predicted octanol–water partition coefficient (Wildman–Crippen LogP) is 4.40. The van der Waals surface area contributed by atoms with Gasteiger partial charge in [-0.3, -0.25) is 13.9 Å². The summed E-state index contributed by atoms with van der Waals surface area (Å²) in [4.78, 5) is 27.6. The molecule has 0 unspecified atom stereocenters. The molecule has 0 radical (unpaired) electrons. The van der Waals surface area contributed by atoms with E-state index >= 15 is 0 Å². The van der Waals surface area contributed by atoms with Crippen LogP contribution in [-0.2, 0) is 26.2 Å². The van der Waals surface area contributed by atoms with Crippen LogP contribution in [0.25, 0.3) is 0 Å². The maximum absolute atomic E-state index is 13.5. The van der Waals surface area contributed by atoms with Gasteiger partial charge >= 0.3 is 0 Å². The Bertz CT molecular complexity index is 1110. The molecular weight excluding hydrogens is 497 g/mol. The van der Waals surface area contributed by atoms with E-state index in [4.69, 9.17) is 23.2 Å². The summed E-state index contributed by atoms with van der Waals surface area (Å²) < 4.78 is 26.1. The zero-order chi connectivity index (χ0) is 25.5. The smallest absolute Gasteiger partial charge is 0.244 e. The number of sulfonamides is 1. The Morgan fingerprint density at radius 3 is 2.29 bits per heavy atom. The first-order valence-electron chi connectivity index (χ1n) is 11.0. The number of anilines is 1. The normalized spacial score (nSPS) is 12.2. The molecule has 34 heavy (non-hydrogen) atoms. The van der Waals surface area contributed by atoms with Gasteiger partial charge in [-0.25, -0.2) is 8.42 Å². The molecule has 1 atom stereocenters. The molecular formula is C24H31Cl2N3O4S. The molecule has 0 heterocycles. The van der Waals surface area contributed by atoms with Crippen molar-refractivity contribution in [3.8, 4) is 0 Å². The number of halogens is 2. The number of carbonyl (C=O) groups is 2. The lowest BCUT2D eigenvalue weighted by Gasteiger charge is -2.31. The van der Waals surface area contributed by atoms with Crippen LogP contribution in [0, 0.1) is 6.92 Å². The molecule has 0 aliphatic carbocycles. The molecule has 0 aromatic heterocycles. The highest BCUT2D eigenvalue weighted by Crippen LogP contribution is 2.30. The molecule has 2 rings (SSSR count). The molecule has 2 amide bonds. The maximum Gasteiger partial charge on any atom is 0.244 e. The van der Waals surface area contributed by atoms with Gasteiger partial charge in [0.1, 0.15) is 12.6 Å². The quantitative estimate of drug-likeness (QED) is 0.438. The number of hydrogen-bond acceptors (Lipinski definition) is 4. The van der Waals surface area contributed by atoms with Crippen molar-refractivity contribution in [3.63, 3.8) is 0 Å². The predicted molar refractivity (Wildman–Crippen MR) is 138 cm³/mol. The SMILES string of the molecule is CCCCNC(=O)[C@@H](C)N(Cc1ccc(C)cc1)C(=O)CN(c1ccc(Cl)cc1Cl)S(C)(=O)=O. The minimum atomic E-state index is -3.87. The van der Waals surface area contributed by atoms with E-state index in [0.29, 0.717) is 11.6 Å². The van der Waals surface area contributed by atoms with Crippen molar-refractivity contribution < 1.29 is 18.0 Å². The van der Waals surface area contributed by atoms with Crippen LogP contribution in [-0.4, -0.2) is 50.5 Å². The number of hydrogen-bond donors (Lipinski definition) is 1. The van der Waals surface area contributed by atoms with Crippen LogP contribution < -0.4 is 9.62 Å². The highest BCUT2D eigenvalue weighted by Gasteiger charge is 2.30. The van der Waals surface area contributed by atoms with Gasteiger partial charge < -0.3 is 10.2 Å². The molecule has 0 fully saturated rings. The van der Waals surface area contributed by atoms with Crippen LogP contribution >= 0.6 is 23.2 Å². The van der Waals surface area contributed by atoms with Crippen molar-refractivity contribution >= 4 is 50.7 Å².